The smallest absolute Gasteiger partial charge is 0.274 e. The van der Waals surface area contributed by atoms with Gasteiger partial charge in [-0.2, -0.15) is 4.31 Å². The van der Waals surface area contributed by atoms with Gasteiger partial charge in [0.05, 0.1) is 12.0 Å². The number of rotatable bonds is 5. The third-order valence-corrected chi connectivity index (χ3v) is 4.76. The second kappa shape index (κ2) is 6.14. The predicted molar refractivity (Wildman–Crippen MR) is 71.0 cm³/mol. The van der Waals surface area contributed by atoms with Gasteiger partial charge < -0.3 is 0 Å². The summed E-state index contributed by atoms with van der Waals surface area (Å²) in [6, 6.07) is 5.55. The van der Waals surface area contributed by atoms with Crippen molar-refractivity contribution in [2.45, 2.75) is 24.8 Å². The highest BCUT2D eigenvalue weighted by atomic mass is 32.2. The lowest BCUT2D eigenvalue weighted by Crippen LogP contribution is -2.33. The quantitative estimate of drug-likeness (QED) is 0.820. The Kier molecular flexibility index (Phi) is 5.04. The molecule has 1 rings (SSSR count). The van der Waals surface area contributed by atoms with Gasteiger partial charge >= 0.3 is 0 Å². The minimum absolute atomic E-state index is 0.138. The number of hydroxylamine groups is 1. The number of nitrogens with zero attached hydrogens (tertiary/aromatic N) is 1. The molecule has 6 nitrogen and oxygen atoms in total. The highest BCUT2D eigenvalue weighted by Gasteiger charge is 2.23. The van der Waals surface area contributed by atoms with Crippen molar-refractivity contribution in [3.8, 4) is 0 Å². The first-order chi connectivity index (χ1) is 8.80. The Hall–Kier alpha value is -1.44. The van der Waals surface area contributed by atoms with Crippen LogP contribution in [0.1, 0.15) is 24.2 Å². The summed E-state index contributed by atoms with van der Waals surface area (Å²) in [6.45, 7) is 3.58. The van der Waals surface area contributed by atoms with Crippen molar-refractivity contribution in [1.29, 1.82) is 0 Å². The van der Waals surface area contributed by atoms with E-state index in [2.05, 4.69) is 10.3 Å². The van der Waals surface area contributed by atoms with Crippen LogP contribution in [0.5, 0.6) is 0 Å². The number of carbonyl (C=O) groups excluding carboxylic acids is 1. The van der Waals surface area contributed by atoms with Gasteiger partial charge in [0.2, 0.25) is 10.0 Å². The third-order valence-electron chi connectivity index (χ3n) is 2.72. The average molecular weight is 286 g/mol. The van der Waals surface area contributed by atoms with Gasteiger partial charge in [-0.15, -0.1) is 0 Å². The minimum atomic E-state index is -3.52. The number of amides is 1. The molecule has 0 bridgehead atoms. The lowest BCUT2D eigenvalue weighted by atomic mass is 10.2. The van der Waals surface area contributed by atoms with Crippen LogP contribution in [-0.4, -0.2) is 38.8 Å². The Morgan fingerprint density at radius 2 is 1.79 bits per heavy atom. The predicted octanol–water partition coefficient (Wildman–Crippen LogP) is 1.01. The molecular weight excluding hydrogens is 268 g/mol. The fourth-order valence-electron chi connectivity index (χ4n) is 1.37. The van der Waals surface area contributed by atoms with Gasteiger partial charge in [-0.05, 0) is 38.1 Å². The molecule has 1 N–H and O–H groups in total. The fraction of sp³-hybridized carbons (Fsp3) is 0.417. The van der Waals surface area contributed by atoms with E-state index >= 15 is 0 Å². The van der Waals surface area contributed by atoms with Crippen LogP contribution in [0.25, 0.3) is 0 Å². The minimum Gasteiger partial charge on any atom is -0.277 e. The van der Waals surface area contributed by atoms with Crippen LogP contribution in [0, 0.1) is 0 Å². The van der Waals surface area contributed by atoms with E-state index in [4.69, 9.17) is 0 Å². The number of benzene rings is 1. The second-order valence-electron chi connectivity index (χ2n) is 4.27. The Bertz CT molecular complexity index is 537. The van der Waals surface area contributed by atoms with Crippen molar-refractivity contribution in [1.82, 2.24) is 9.79 Å². The van der Waals surface area contributed by atoms with Crippen molar-refractivity contribution < 1.29 is 18.0 Å². The molecule has 0 radical (unpaired) electrons. The first kappa shape index (κ1) is 15.6. The van der Waals surface area contributed by atoms with E-state index in [0.717, 1.165) is 0 Å². The molecule has 0 aliphatic rings. The van der Waals surface area contributed by atoms with E-state index in [-0.39, 0.29) is 10.9 Å². The number of sulfonamides is 1. The summed E-state index contributed by atoms with van der Waals surface area (Å²) in [5.41, 5.74) is 2.49. The summed E-state index contributed by atoms with van der Waals surface area (Å²) in [4.78, 5) is 16.1. The van der Waals surface area contributed by atoms with E-state index in [1.807, 2.05) is 0 Å². The molecule has 0 unspecified atom stereocenters. The lowest BCUT2D eigenvalue weighted by Gasteiger charge is -2.20. The first-order valence-electron chi connectivity index (χ1n) is 5.72. The molecule has 0 saturated heterocycles. The SMILES string of the molecule is CONC(=O)c1ccc(S(=O)(=O)N(C)C(C)C)cc1. The average Bonchev–Trinajstić information content (AvgIpc) is 2.38. The van der Waals surface area contributed by atoms with Crippen LogP contribution in [0.15, 0.2) is 29.2 Å². The molecule has 0 saturated carbocycles. The number of carbonyl (C=O) groups is 1. The van der Waals surface area contributed by atoms with Crippen LogP contribution in [-0.2, 0) is 14.9 Å². The summed E-state index contributed by atoms with van der Waals surface area (Å²) in [5.74, 6) is -0.427. The maximum absolute atomic E-state index is 12.2. The summed E-state index contributed by atoms with van der Waals surface area (Å²) >= 11 is 0. The Balaban J connectivity index is 3.02. The third kappa shape index (κ3) is 3.52. The fourth-order valence-corrected chi connectivity index (χ4v) is 2.74. The largest absolute Gasteiger partial charge is 0.277 e. The molecule has 1 aromatic carbocycles. The van der Waals surface area contributed by atoms with Gasteiger partial charge in [0.15, 0.2) is 0 Å². The molecule has 0 aliphatic carbocycles. The van der Waals surface area contributed by atoms with Gasteiger partial charge in [-0.25, -0.2) is 13.9 Å². The van der Waals surface area contributed by atoms with Crippen molar-refractivity contribution >= 4 is 15.9 Å². The van der Waals surface area contributed by atoms with E-state index < -0.39 is 15.9 Å². The molecule has 0 aliphatic heterocycles. The Labute approximate surface area is 113 Å². The van der Waals surface area contributed by atoms with E-state index in [1.54, 1.807) is 13.8 Å². The molecule has 7 heteroatoms. The maximum Gasteiger partial charge on any atom is 0.274 e. The van der Waals surface area contributed by atoms with Gasteiger partial charge in [0, 0.05) is 18.7 Å². The number of nitrogens with one attached hydrogen (secondary N) is 1. The molecule has 1 amide bonds. The normalized spacial score (nSPS) is 11.9. The van der Waals surface area contributed by atoms with Crippen molar-refractivity contribution in [3.63, 3.8) is 0 Å². The number of hydrogen-bond acceptors (Lipinski definition) is 4. The first-order valence-corrected chi connectivity index (χ1v) is 7.16. The van der Waals surface area contributed by atoms with Gasteiger partial charge in [-0.1, -0.05) is 0 Å². The van der Waals surface area contributed by atoms with E-state index in [9.17, 15) is 13.2 Å². The molecule has 0 heterocycles. The van der Waals surface area contributed by atoms with Crippen molar-refractivity contribution in [3.05, 3.63) is 29.8 Å². The molecular formula is C12H18N2O4S. The molecule has 0 spiro atoms. The molecule has 0 fully saturated rings. The summed E-state index contributed by atoms with van der Waals surface area (Å²) in [7, 11) is -0.676. The molecule has 19 heavy (non-hydrogen) atoms. The zero-order valence-electron chi connectivity index (χ0n) is 11.4. The van der Waals surface area contributed by atoms with Crippen LogP contribution < -0.4 is 5.48 Å². The zero-order chi connectivity index (χ0) is 14.6. The monoisotopic (exact) mass is 286 g/mol. The van der Waals surface area contributed by atoms with Crippen molar-refractivity contribution in [2.24, 2.45) is 0 Å². The Morgan fingerprint density at radius 1 is 1.26 bits per heavy atom. The zero-order valence-corrected chi connectivity index (χ0v) is 12.2. The lowest BCUT2D eigenvalue weighted by molar-refractivity contribution is 0.0537. The number of hydrogen-bond donors (Lipinski definition) is 1. The van der Waals surface area contributed by atoms with Crippen LogP contribution in [0.3, 0.4) is 0 Å². The topological polar surface area (TPSA) is 75.7 Å². The van der Waals surface area contributed by atoms with Crippen LogP contribution in [0.2, 0.25) is 0 Å². The molecule has 0 aromatic heterocycles. The van der Waals surface area contributed by atoms with E-state index in [0.29, 0.717) is 5.56 Å². The Morgan fingerprint density at radius 3 is 2.21 bits per heavy atom. The van der Waals surface area contributed by atoms with Gasteiger partial charge in [-0.3, -0.25) is 9.63 Å². The molecule has 0 atom stereocenters. The van der Waals surface area contributed by atoms with Crippen molar-refractivity contribution in [2.75, 3.05) is 14.2 Å². The highest BCUT2D eigenvalue weighted by molar-refractivity contribution is 7.89. The second-order valence-corrected chi connectivity index (χ2v) is 6.27. The summed E-state index contributed by atoms with van der Waals surface area (Å²) < 4.78 is 25.6. The standard InChI is InChI=1S/C12H18N2O4S/c1-9(2)14(3)19(16,17)11-7-5-10(6-8-11)12(15)13-18-4/h5-9H,1-4H3,(H,13,15). The maximum atomic E-state index is 12.2. The van der Waals surface area contributed by atoms with Crippen LogP contribution in [0.4, 0.5) is 0 Å². The van der Waals surface area contributed by atoms with E-state index in [1.165, 1.54) is 42.7 Å². The van der Waals surface area contributed by atoms with Gasteiger partial charge in [0.1, 0.15) is 0 Å². The molecule has 1 aromatic rings. The highest BCUT2D eigenvalue weighted by Crippen LogP contribution is 2.17. The molecule has 106 valence electrons. The summed E-state index contributed by atoms with van der Waals surface area (Å²) in [6.07, 6.45) is 0. The summed E-state index contributed by atoms with van der Waals surface area (Å²) in [5, 5.41) is 0. The van der Waals surface area contributed by atoms with Gasteiger partial charge in [0.25, 0.3) is 5.91 Å². The van der Waals surface area contributed by atoms with Crippen LogP contribution >= 0.6 is 0 Å².